The standard InChI is InChI=1S/C5H8N2O2/c1-6-5(9)2-3-7-4-8/h2-4H,1H3,(H,6,9)(H,7,8)/b3-2-. The molecule has 0 aromatic carbocycles. The third-order valence-corrected chi connectivity index (χ3v) is 0.645. The highest BCUT2D eigenvalue weighted by Crippen LogP contribution is 1.64. The summed E-state index contributed by atoms with van der Waals surface area (Å²) in [5.74, 6) is -0.246. The lowest BCUT2D eigenvalue weighted by molar-refractivity contribution is -0.116. The molecule has 0 rings (SSSR count). The van der Waals surface area contributed by atoms with Gasteiger partial charge < -0.3 is 10.6 Å². The highest BCUT2D eigenvalue weighted by Gasteiger charge is 1.83. The van der Waals surface area contributed by atoms with Gasteiger partial charge in [-0.25, -0.2) is 0 Å². The fourth-order valence-corrected chi connectivity index (χ4v) is 0.246. The Labute approximate surface area is 52.9 Å². The number of likely N-dealkylation sites (N-methyl/N-ethyl adjacent to an activating group) is 1. The summed E-state index contributed by atoms with van der Waals surface area (Å²) in [5, 5.41) is 4.53. The zero-order valence-electron chi connectivity index (χ0n) is 5.05. The van der Waals surface area contributed by atoms with Crippen LogP contribution < -0.4 is 10.6 Å². The Morgan fingerprint density at radius 3 is 2.67 bits per heavy atom. The van der Waals surface area contributed by atoms with Crippen LogP contribution in [0.1, 0.15) is 0 Å². The van der Waals surface area contributed by atoms with E-state index in [-0.39, 0.29) is 5.91 Å². The van der Waals surface area contributed by atoms with Crippen LogP contribution in [0.2, 0.25) is 0 Å². The SMILES string of the molecule is CNC(=O)/C=C\NC=O. The van der Waals surface area contributed by atoms with Gasteiger partial charge in [0.2, 0.25) is 12.3 Å². The van der Waals surface area contributed by atoms with E-state index in [9.17, 15) is 9.59 Å². The summed E-state index contributed by atoms with van der Waals surface area (Å²) >= 11 is 0. The monoisotopic (exact) mass is 128 g/mol. The van der Waals surface area contributed by atoms with E-state index in [1.54, 1.807) is 0 Å². The molecule has 4 nitrogen and oxygen atoms in total. The Morgan fingerprint density at radius 2 is 2.22 bits per heavy atom. The van der Waals surface area contributed by atoms with Gasteiger partial charge >= 0.3 is 0 Å². The molecule has 0 bridgehead atoms. The fraction of sp³-hybridized carbons (Fsp3) is 0.200. The number of carbonyl (C=O) groups excluding carboxylic acids is 2. The lowest BCUT2D eigenvalue weighted by atomic mass is 10.6. The minimum Gasteiger partial charge on any atom is -0.356 e. The molecule has 0 radical (unpaired) electrons. The summed E-state index contributed by atoms with van der Waals surface area (Å²) in [6, 6.07) is 0. The molecular weight excluding hydrogens is 120 g/mol. The van der Waals surface area contributed by atoms with Gasteiger partial charge in [0, 0.05) is 19.3 Å². The highest BCUT2D eigenvalue weighted by atomic mass is 16.1. The maximum atomic E-state index is 10.3. The van der Waals surface area contributed by atoms with Crippen molar-refractivity contribution < 1.29 is 9.59 Å². The van der Waals surface area contributed by atoms with Crippen LogP contribution in [0.5, 0.6) is 0 Å². The van der Waals surface area contributed by atoms with Crippen molar-refractivity contribution in [3.05, 3.63) is 12.3 Å². The molecule has 2 amide bonds. The van der Waals surface area contributed by atoms with Gasteiger partial charge in [0.1, 0.15) is 0 Å². The largest absolute Gasteiger partial charge is 0.356 e. The average molecular weight is 128 g/mol. The Balaban J connectivity index is 3.43. The van der Waals surface area contributed by atoms with Crippen LogP contribution in [0.3, 0.4) is 0 Å². The van der Waals surface area contributed by atoms with Crippen molar-refractivity contribution in [2.75, 3.05) is 7.05 Å². The van der Waals surface area contributed by atoms with Crippen LogP contribution in [0, 0.1) is 0 Å². The summed E-state index contributed by atoms with van der Waals surface area (Å²) in [5.41, 5.74) is 0. The summed E-state index contributed by atoms with van der Waals surface area (Å²) in [6.45, 7) is 0. The summed E-state index contributed by atoms with van der Waals surface area (Å²) in [7, 11) is 1.51. The van der Waals surface area contributed by atoms with Crippen LogP contribution >= 0.6 is 0 Å². The van der Waals surface area contributed by atoms with E-state index < -0.39 is 0 Å². The second-order valence-electron chi connectivity index (χ2n) is 1.23. The molecule has 0 saturated carbocycles. The molecule has 0 fully saturated rings. The zero-order chi connectivity index (χ0) is 7.11. The van der Waals surface area contributed by atoms with Crippen molar-refractivity contribution in [2.24, 2.45) is 0 Å². The first kappa shape index (κ1) is 7.68. The second-order valence-corrected chi connectivity index (χ2v) is 1.23. The Hall–Kier alpha value is -1.32. The quantitative estimate of drug-likeness (QED) is 0.378. The van der Waals surface area contributed by atoms with Crippen molar-refractivity contribution in [3.8, 4) is 0 Å². The van der Waals surface area contributed by atoms with Gasteiger partial charge in [0.25, 0.3) is 0 Å². The van der Waals surface area contributed by atoms with Gasteiger partial charge in [-0.1, -0.05) is 0 Å². The molecule has 0 aromatic heterocycles. The maximum absolute atomic E-state index is 10.3. The molecule has 50 valence electrons. The molecule has 0 heterocycles. The second kappa shape index (κ2) is 4.83. The van der Waals surface area contributed by atoms with E-state index in [4.69, 9.17) is 0 Å². The molecule has 0 aromatic rings. The molecule has 0 aliphatic carbocycles. The van der Waals surface area contributed by atoms with Crippen molar-refractivity contribution in [2.45, 2.75) is 0 Å². The van der Waals surface area contributed by atoms with Crippen molar-refractivity contribution >= 4 is 12.3 Å². The predicted octanol–water partition coefficient (Wildman–Crippen LogP) is -1.01. The fourth-order valence-electron chi connectivity index (χ4n) is 0.246. The van der Waals surface area contributed by atoms with Gasteiger partial charge in [0.05, 0.1) is 0 Å². The normalized spacial score (nSPS) is 9.00. The molecule has 9 heavy (non-hydrogen) atoms. The minimum absolute atomic E-state index is 0.246. The smallest absolute Gasteiger partial charge is 0.245 e. The number of hydrogen-bond donors (Lipinski definition) is 2. The first-order valence-electron chi connectivity index (χ1n) is 2.39. The van der Waals surface area contributed by atoms with Gasteiger partial charge in [-0.2, -0.15) is 0 Å². The molecule has 0 aliphatic rings. The van der Waals surface area contributed by atoms with Crippen molar-refractivity contribution in [1.82, 2.24) is 10.6 Å². The van der Waals surface area contributed by atoms with Crippen molar-refractivity contribution in [3.63, 3.8) is 0 Å². The lowest BCUT2D eigenvalue weighted by Gasteiger charge is -1.87. The molecule has 0 aliphatic heterocycles. The first-order valence-corrected chi connectivity index (χ1v) is 2.39. The predicted molar refractivity (Wildman–Crippen MR) is 32.4 cm³/mol. The number of rotatable bonds is 3. The third kappa shape index (κ3) is 4.53. The van der Waals surface area contributed by atoms with Gasteiger partial charge in [-0.3, -0.25) is 9.59 Å². The Morgan fingerprint density at radius 1 is 1.56 bits per heavy atom. The number of amides is 2. The van der Waals surface area contributed by atoms with Gasteiger partial charge in [-0.15, -0.1) is 0 Å². The summed E-state index contributed by atoms with van der Waals surface area (Å²) in [4.78, 5) is 19.9. The highest BCUT2D eigenvalue weighted by molar-refractivity contribution is 5.87. The molecule has 0 unspecified atom stereocenters. The Bertz CT molecular complexity index is 131. The molecular formula is C5H8N2O2. The van der Waals surface area contributed by atoms with E-state index in [1.165, 1.54) is 19.3 Å². The summed E-state index contributed by atoms with van der Waals surface area (Å²) < 4.78 is 0. The average Bonchev–Trinajstić information content (AvgIpc) is 1.89. The molecule has 4 heteroatoms. The molecule has 0 atom stereocenters. The topological polar surface area (TPSA) is 58.2 Å². The van der Waals surface area contributed by atoms with Crippen LogP contribution in [0.4, 0.5) is 0 Å². The van der Waals surface area contributed by atoms with Crippen LogP contribution in [0.25, 0.3) is 0 Å². The lowest BCUT2D eigenvalue weighted by Crippen LogP contribution is -2.15. The van der Waals surface area contributed by atoms with Crippen LogP contribution in [0.15, 0.2) is 12.3 Å². The first-order chi connectivity index (χ1) is 4.31. The minimum atomic E-state index is -0.246. The van der Waals surface area contributed by atoms with E-state index in [1.807, 2.05) is 0 Å². The Kier molecular flexibility index (Phi) is 4.12. The molecule has 2 N–H and O–H groups in total. The number of hydrogen-bond acceptors (Lipinski definition) is 2. The number of carbonyl (C=O) groups is 2. The van der Waals surface area contributed by atoms with Crippen LogP contribution in [-0.2, 0) is 9.59 Å². The van der Waals surface area contributed by atoms with Crippen LogP contribution in [-0.4, -0.2) is 19.4 Å². The van der Waals surface area contributed by atoms with Gasteiger partial charge in [0.15, 0.2) is 0 Å². The third-order valence-electron chi connectivity index (χ3n) is 0.645. The number of nitrogens with one attached hydrogen (secondary N) is 2. The molecule has 0 spiro atoms. The maximum Gasteiger partial charge on any atom is 0.245 e. The molecule has 0 saturated heterocycles. The summed E-state index contributed by atoms with van der Waals surface area (Å²) in [6.07, 6.45) is 2.96. The van der Waals surface area contributed by atoms with E-state index in [0.29, 0.717) is 6.41 Å². The van der Waals surface area contributed by atoms with Crippen molar-refractivity contribution in [1.29, 1.82) is 0 Å². The van der Waals surface area contributed by atoms with E-state index in [0.717, 1.165) is 0 Å². The zero-order valence-corrected chi connectivity index (χ0v) is 5.05. The van der Waals surface area contributed by atoms with E-state index in [2.05, 4.69) is 10.6 Å². The van der Waals surface area contributed by atoms with Gasteiger partial charge in [-0.05, 0) is 0 Å². The van der Waals surface area contributed by atoms with E-state index >= 15 is 0 Å².